The van der Waals surface area contributed by atoms with Gasteiger partial charge in [0.1, 0.15) is 11.9 Å². The summed E-state index contributed by atoms with van der Waals surface area (Å²) in [6.07, 6.45) is -1.35. The quantitative estimate of drug-likeness (QED) is 0.791. The first kappa shape index (κ1) is 13.0. The molecule has 0 aromatic carbocycles. The maximum Gasteiger partial charge on any atom is 0.351 e. The van der Waals surface area contributed by atoms with Crippen molar-refractivity contribution in [1.82, 2.24) is 9.55 Å². The molecule has 0 unspecified atom stereocenters. The summed E-state index contributed by atoms with van der Waals surface area (Å²) in [5.41, 5.74) is 2.61. The summed E-state index contributed by atoms with van der Waals surface area (Å²) in [6.45, 7) is 2.98. The third kappa shape index (κ3) is 1.89. The lowest BCUT2D eigenvalue weighted by Gasteiger charge is -2.24. The van der Waals surface area contributed by atoms with Gasteiger partial charge in [0.25, 0.3) is 0 Å². The second-order valence-electron chi connectivity index (χ2n) is 4.57. The number of hydrogen-bond donors (Lipinski definition) is 2. The highest BCUT2D eigenvalue weighted by Gasteiger charge is 2.54. The van der Waals surface area contributed by atoms with Gasteiger partial charge in [-0.25, -0.2) is 9.18 Å². The fourth-order valence-electron chi connectivity index (χ4n) is 2.14. The van der Waals surface area contributed by atoms with Gasteiger partial charge in [0, 0.05) is 6.20 Å². The number of aliphatic hydroxyl groups excluding tert-OH is 1. The van der Waals surface area contributed by atoms with Gasteiger partial charge < -0.3 is 15.6 Å². The van der Waals surface area contributed by atoms with Crippen LogP contribution in [0, 0.1) is 0 Å². The smallest absolute Gasteiger partial charge is 0.351 e. The van der Waals surface area contributed by atoms with Crippen LogP contribution in [0.15, 0.2) is 17.1 Å². The maximum absolute atomic E-state index is 14.5. The number of rotatable bonds is 2. The van der Waals surface area contributed by atoms with E-state index in [2.05, 4.69) is 4.98 Å². The van der Waals surface area contributed by atoms with E-state index >= 15 is 0 Å². The lowest BCUT2D eigenvalue weighted by molar-refractivity contribution is -0.0509. The van der Waals surface area contributed by atoms with Crippen LogP contribution in [0.5, 0.6) is 0 Å². The highest BCUT2D eigenvalue weighted by molar-refractivity contribution is 5.23. The molecule has 18 heavy (non-hydrogen) atoms. The van der Waals surface area contributed by atoms with Gasteiger partial charge in [0.2, 0.25) is 0 Å². The van der Waals surface area contributed by atoms with E-state index in [0.717, 1.165) is 4.57 Å². The lowest BCUT2D eigenvalue weighted by Crippen LogP contribution is -2.42. The average molecular weight is 257 g/mol. The van der Waals surface area contributed by atoms with Crippen molar-refractivity contribution in [2.45, 2.75) is 44.4 Å². The topological polar surface area (TPSA) is 90.4 Å². The summed E-state index contributed by atoms with van der Waals surface area (Å²) >= 11 is 0. The van der Waals surface area contributed by atoms with Crippen molar-refractivity contribution in [3.8, 4) is 0 Å². The summed E-state index contributed by atoms with van der Waals surface area (Å²) in [5.74, 6) is 0.0578. The number of halogens is 1. The summed E-state index contributed by atoms with van der Waals surface area (Å²) in [7, 11) is 0. The van der Waals surface area contributed by atoms with E-state index in [-0.39, 0.29) is 5.82 Å². The molecule has 1 fully saturated rings. The normalized spacial score (nSPS) is 35.9. The van der Waals surface area contributed by atoms with Crippen LogP contribution in [0.3, 0.4) is 0 Å². The molecule has 1 saturated heterocycles. The van der Waals surface area contributed by atoms with Crippen LogP contribution in [0.25, 0.3) is 0 Å². The van der Waals surface area contributed by atoms with Crippen molar-refractivity contribution in [1.29, 1.82) is 0 Å². The van der Waals surface area contributed by atoms with E-state index in [1.54, 1.807) is 6.92 Å². The van der Waals surface area contributed by atoms with Crippen LogP contribution in [0.1, 0.15) is 26.5 Å². The molecule has 0 saturated carbocycles. The number of alkyl halides is 1. The van der Waals surface area contributed by atoms with Gasteiger partial charge in [0.05, 0.1) is 6.10 Å². The van der Waals surface area contributed by atoms with Gasteiger partial charge >= 0.3 is 5.69 Å². The third-order valence-electron chi connectivity index (χ3n) is 3.22. The first-order chi connectivity index (χ1) is 8.37. The molecule has 1 aromatic heterocycles. The van der Waals surface area contributed by atoms with Crippen molar-refractivity contribution >= 4 is 5.82 Å². The van der Waals surface area contributed by atoms with Crippen LogP contribution in [-0.2, 0) is 4.74 Å². The van der Waals surface area contributed by atoms with E-state index in [1.165, 1.54) is 19.2 Å². The highest BCUT2D eigenvalue weighted by Crippen LogP contribution is 2.41. The molecule has 2 rings (SSSR count). The SMILES string of the molecule is CC[C@H]1O[C@@H](n2ccc(N)nc2=O)[C@](C)(F)[C@@H]1O. The van der Waals surface area contributed by atoms with Gasteiger partial charge in [-0.05, 0) is 19.4 Å². The van der Waals surface area contributed by atoms with Crippen LogP contribution in [0.4, 0.5) is 10.2 Å². The van der Waals surface area contributed by atoms with Crippen molar-refractivity contribution in [2.24, 2.45) is 0 Å². The lowest BCUT2D eigenvalue weighted by atomic mass is 9.97. The van der Waals surface area contributed by atoms with E-state index < -0.39 is 29.8 Å². The van der Waals surface area contributed by atoms with Gasteiger partial charge in [-0.1, -0.05) is 6.92 Å². The van der Waals surface area contributed by atoms with Gasteiger partial charge in [-0.2, -0.15) is 4.98 Å². The Morgan fingerprint density at radius 3 is 2.89 bits per heavy atom. The van der Waals surface area contributed by atoms with Crippen LogP contribution >= 0.6 is 0 Å². The average Bonchev–Trinajstić information content (AvgIpc) is 2.52. The van der Waals surface area contributed by atoms with Gasteiger partial charge in [-0.15, -0.1) is 0 Å². The Morgan fingerprint density at radius 1 is 1.72 bits per heavy atom. The Balaban J connectivity index is 2.42. The number of aromatic nitrogens is 2. The number of nitrogen functional groups attached to an aromatic ring is 1. The second kappa shape index (κ2) is 4.33. The zero-order chi connectivity index (χ0) is 13.5. The zero-order valence-corrected chi connectivity index (χ0v) is 10.2. The van der Waals surface area contributed by atoms with E-state index in [9.17, 15) is 14.3 Å². The molecule has 0 amide bonds. The number of aliphatic hydroxyl groups is 1. The molecule has 0 spiro atoms. The predicted octanol–water partition coefficient (Wildman–Crippen LogP) is 0.222. The fourth-order valence-corrected chi connectivity index (χ4v) is 2.14. The van der Waals surface area contributed by atoms with Crippen molar-refractivity contribution in [3.63, 3.8) is 0 Å². The molecular weight excluding hydrogens is 241 g/mol. The number of anilines is 1. The van der Waals surface area contributed by atoms with Crippen molar-refractivity contribution in [2.75, 3.05) is 5.73 Å². The summed E-state index contributed by atoms with van der Waals surface area (Å²) in [6, 6.07) is 1.38. The molecule has 2 heterocycles. The minimum atomic E-state index is -2.05. The molecule has 1 aliphatic rings. The van der Waals surface area contributed by atoms with Gasteiger partial charge in [-0.3, -0.25) is 4.57 Å². The molecule has 6 nitrogen and oxygen atoms in total. The molecule has 3 N–H and O–H groups in total. The minimum absolute atomic E-state index is 0.0578. The number of nitrogens with two attached hydrogens (primary N) is 1. The van der Waals surface area contributed by atoms with Crippen LogP contribution in [0.2, 0.25) is 0 Å². The van der Waals surface area contributed by atoms with E-state index in [0.29, 0.717) is 6.42 Å². The number of hydrogen-bond acceptors (Lipinski definition) is 5. The largest absolute Gasteiger partial charge is 0.387 e. The highest BCUT2D eigenvalue weighted by atomic mass is 19.1. The van der Waals surface area contributed by atoms with E-state index in [1.807, 2.05) is 0 Å². The molecule has 0 aliphatic carbocycles. The molecule has 0 radical (unpaired) electrons. The molecule has 1 aliphatic heterocycles. The fraction of sp³-hybridized carbons (Fsp3) is 0.636. The Labute approximate surface area is 103 Å². The van der Waals surface area contributed by atoms with Crippen molar-refractivity contribution in [3.05, 3.63) is 22.7 Å². The summed E-state index contributed by atoms with van der Waals surface area (Å²) in [5, 5.41) is 9.83. The maximum atomic E-state index is 14.5. The van der Waals surface area contributed by atoms with Gasteiger partial charge in [0.15, 0.2) is 11.9 Å². The first-order valence-electron chi connectivity index (χ1n) is 5.75. The molecule has 0 bridgehead atoms. The minimum Gasteiger partial charge on any atom is -0.387 e. The van der Waals surface area contributed by atoms with Crippen molar-refractivity contribution < 1.29 is 14.2 Å². The summed E-state index contributed by atoms with van der Waals surface area (Å²) in [4.78, 5) is 15.2. The zero-order valence-electron chi connectivity index (χ0n) is 10.2. The molecule has 100 valence electrons. The third-order valence-corrected chi connectivity index (χ3v) is 3.22. The van der Waals surface area contributed by atoms with E-state index in [4.69, 9.17) is 10.5 Å². The Hall–Kier alpha value is -1.47. The first-order valence-corrected chi connectivity index (χ1v) is 5.75. The molecule has 1 aromatic rings. The monoisotopic (exact) mass is 257 g/mol. The Morgan fingerprint density at radius 2 is 2.39 bits per heavy atom. The van der Waals surface area contributed by atoms with Crippen LogP contribution in [-0.4, -0.2) is 32.5 Å². The molecule has 4 atom stereocenters. The predicted molar refractivity (Wildman–Crippen MR) is 62.6 cm³/mol. The molecule has 7 heteroatoms. The number of nitrogens with zero attached hydrogens (tertiary/aromatic N) is 2. The summed E-state index contributed by atoms with van der Waals surface area (Å²) < 4.78 is 20.9. The Bertz CT molecular complexity index is 503. The standard InChI is InChI=1S/C11H16FN3O3/c1-3-6-8(16)11(2,12)9(18-6)15-5-4-7(13)14-10(15)17/h4-6,8-9,16H,3H2,1-2H3,(H2,13,14,17)/t6-,8-,9-,11-/m1/s1. The second-order valence-corrected chi connectivity index (χ2v) is 4.57. The van der Waals surface area contributed by atoms with Crippen LogP contribution < -0.4 is 11.4 Å². The Kier molecular flexibility index (Phi) is 3.12. The number of ether oxygens (including phenoxy) is 1. The molecular formula is C11H16FN3O3.